The first kappa shape index (κ1) is 11.9. The molecule has 2 aromatic heterocycles. The van der Waals surface area contributed by atoms with Crippen LogP contribution in [0.1, 0.15) is 18.5 Å². The smallest absolute Gasteiger partial charge is 0.320 e. The number of halogens is 1. The van der Waals surface area contributed by atoms with E-state index >= 15 is 0 Å². The molecule has 0 amide bonds. The van der Waals surface area contributed by atoms with Crippen molar-refractivity contribution >= 4 is 11.6 Å². The lowest BCUT2D eigenvalue weighted by molar-refractivity contribution is 0.309. The summed E-state index contributed by atoms with van der Waals surface area (Å²) in [6, 6.07) is 4.02. The number of hydrogen-bond acceptors (Lipinski definition) is 5. The predicted molar refractivity (Wildman–Crippen MR) is 62.1 cm³/mol. The van der Waals surface area contributed by atoms with Crippen LogP contribution >= 0.6 is 11.6 Å². The van der Waals surface area contributed by atoms with Gasteiger partial charge < -0.3 is 9.15 Å². The minimum atomic E-state index is 0.151. The van der Waals surface area contributed by atoms with Gasteiger partial charge in [0.2, 0.25) is 5.28 Å². The normalized spacial score (nSPS) is 10.5. The fraction of sp³-hybridized carbons (Fsp3) is 0.364. The molecule has 17 heavy (non-hydrogen) atoms. The largest absolute Gasteiger partial charge is 0.469 e. The number of aryl methyl sites for hydroxylation is 2. The third-order valence-corrected chi connectivity index (χ3v) is 2.25. The SMILES string of the molecule is CCOc1nc(Cl)nc(CCc2ccco2)n1. The second kappa shape index (κ2) is 5.63. The number of nitrogens with zero attached hydrogens (tertiary/aromatic N) is 3. The highest BCUT2D eigenvalue weighted by molar-refractivity contribution is 6.28. The summed E-state index contributed by atoms with van der Waals surface area (Å²) >= 11 is 5.78. The van der Waals surface area contributed by atoms with Crippen LogP contribution in [-0.4, -0.2) is 21.6 Å². The molecule has 0 fully saturated rings. The molecule has 5 nitrogen and oxygen atoms in total. The van der Waals surface area contributed by atoms with E-state index in [0.717, 1.165) is 12.2 Å². The van der Waals surface area contributed by atoms with Crippen LogP contribution in [0.25, 0.3) is 0 Å². The number of hydrogen-bond donors (Lipinski definition) is 0. The number of ether oxygens (including phenoxy) is 1. The summed E-state index contributed by atoms with van der Waals surface area (Å²) in [5.74, 6) is 1.49. The van der Waals surface area contributed by atoms with E-state index in [1.54, 1.807) is 6.26 Å². The Labute approximate surface area is 104 Å². The Morgan fingerprint density at radius 2 is 2.18 bits per heavy atom. The van der Waals surface area contributed by atoms with Crippen LogP contribution in [0.15, 0.2) is 22.8 Å². The summed E-state index contributed by atoms with van der Waals surface area (Å²) in [7, 11) is 0. The zero-order valence-corrected chi connectivity index (χ0v) is 10.1. The molecule has 2 rings (SSSR count). The first-order valence-electron chi connectivity index (χ1n) is 5.33. The van der Waals surface area contributed by atoms with Gasteiger partial charge in [0.25, 0.3) is 0 Å². The van der Waals surface area contributed by atoms with Crippen molar-refractivity contribution in [2.75, 3.05) is 6.61 Å². The molecule has 2 aromatic rings. The van der Waals surface area contributed by atoms with Crippen molar-refractivity contribution in [3.8, 4) is 6.01 Å². The minimum Gasteiger partial charge on any atom is -0.469 e. The molecule has 0 aliphatic rings. The van der Waals surface area contributed by atoms with Crippen LogP contribution in [0.4, 0.5) is 0 Å². The quantitative estimate of drug-likeness (QED) is 0.818. The molecule has 0 aliphatic heterocycles. The zero-order valence-electron chi connectivity index (χ0n) is 9.39. The zero-order chi connectivity index (χ0) is 12.1. The van der Waals surface area contributed by atoms with Gasteiger partial charge in [0.1, 0.15) is 11.6 Å². The van der Waals surface area contributed by atoms with E-state index in [9.17, 15) is 0 Å². The Morgan fingerprint density at radius 3 is 2.88 bits per heavy atom. The first-order chi connectivity index (χ1) is 8.28. The Morgan fingerprint density at radius 1 is 1.29 bits per heavy atom. The molecule has 0 atom stereocenters. The molecule has 0 unspecified atom stereocenters. The lowest BCUT2D eigenvalue weighted by Gasteiger charge is -2.03. The van der Waals surface area contributed by atoms with Gasteiger partial charge in [-0.1, -0.05) is 0 Å². The molecule has 90 valence electrons. The molecule has 2 heterocycles. The van der Waals surface area contributed by atoms with Gasteiger partial charge in [-0.3, -0.25) is 0 Å². The summed E-state index contributed by atoms with van der Waals surface area (Å²) in [5.41, 5.74) is 0. The molecule has 0 N–H and O–H groups in total. The van der Waals surface area contributed by atoms with Crippen molar-refractivity contribution in [2.45, 2.75) is 19.8 Å². The van der Waals surface area contributed by atoms with E-state index in [1.807, 2.05) is 19.1 Å². The van der Waals surface area contributed by atoms with E-state index in [0.29, 0.717) is 18.9 Å². The lowest BCUT2D eigenvalue weighted by Crippen LogP contribution is -2.04. The Kier molecular flexibility index (Phi) is 3.93. The standard InChI is InChI=1S/C11H12ClN3O2/c1-2-16-11-14-9(13-10(12)15-11)6-5-8-4-3-7-17-8/h3-4,7H,2,5-6H2,1H3. The van der Waals surface area contributed by atoms with Crippen molar-refractivity contribution in [1.82, 2.24) is 15.0 Å². The van der Waals surface area contributed by atoms with Crippen LogP contribution in [0.5, 0.6) is 6.01 Å². The van der Waals surface area contributed by atoms with Crippen molar-refractivity contribution in [1.29, 1.82) is 0 Å². The van der Waals surface area contributed by atoms with Crippen molar-refractivity contribution in [2.24, 2.45) is 0 Å². The van der Waals surface area contributed by atoms with E-state index in [1.165, 1.54) is 0 Å². The van der Waals surface area contributed by atoms with Gasteiger partial charge in [0.05, 0.1) is 12.9 Å². The Balaban J connectivity index is 2.04. The molecule has 0 spiro atoms. The van der Waals surface area contributed by atoms with E-state index < -0.39 is 0 Å². The van der Waals surface area contributed by atoms with Gasteiger partial charge in [-0.15, -0.1) is 0 Å². The second-order valence-corrected chi connectivity index (χ2v) is 3.65. The van der Waals surface area contributed by atoms with Gasteiger partial charge in [0.15, 0.2) is 0 Å². The highest BCUT2D eigenvalue weighted by Gasteiger charge is 2.06. The van der Waals surface area contributed by atoms with Gasteiger partial charge >= 0.3 is 6.01 Å². The van der Waals surface area contributed by atoms with Crippen molar-refractivity contribution < 1.29 is 9.15 Å². The van der Waals surface area contributed by atoms with Gasteiger partial charge in [-0.05, 0) is 30.7 Å². The van der Waals surface area contributed by atoms with Crippen molar-refractivity contribution in [3.63, 3.8) is 0 Å². The molecule has 0 saturated heterocycles. The number of aromatic nitrogens is 3. The Bertz CT molecular complexity index is 474. The van der Waals surface area contributed by atoms with E-state index in [4.69, 9.17) is 20.8 Å². The molecule has 0 aromatic carbocycles. The summed E-state index contributed by atoms with van der Waals surface area (Å²) < 4.78 is 10.4. The molecule has 0 radical (unpaired) electrons. The van der Waals surface area contributed by atoms with E-state index in [-0.39, 0.29) is 11.3 Å². The molecular formula is C11H12ClN3O2. The third-order valence-electron chi connectivity index (χ3n) is 2.08. The molecule has 0 bridgehead atoms. The van der Waals surface area contributed by atoms with Crippen LogP contribution in [-0.2, 0) is 12.8 Å². The predicted octanol–water partition coefficient (Wildman–Crippen LogP) is 2.30. The maximum Gasteiger partial charge on any atom is 0.320 e. The topological polar surface area (TPSA) is 61.0 Å². The average Bonchev–Trinajstić information content (AvgIpc) is 2.79. The lowest BCUT2D eigenvalue weighted by atomic mass is 10.2. The van der Waals surface area contributed by atoms with Crippen molar-refractivity contribution in [3.05, 3.63) is 35.3 Å². The van der Waals surface area contributed by atoms with Gasteiger partial charge in [-0.2, -0.15) is 9.97 Å². The van der Waals surface area contributed by atoms with Crippen LogP contribution < -0.4 is 4.74 Å². The van der Waals surface area contributed by atoms with Gasteiger partial charge in [0, 0.05) is 12.8 Å². The Hall–Kier alpha value is -1.62. The van der Waals surface area contributed by atoms with E-state index in [2.05, 4.69) is 15.0 Å². The number of furan rings is 1. The monoisotopic (exact) mass is 253 g/mol. The maximum atomic E-state index is 5.78. The first-order valence-corrected chi connectivity index (χ1v) is 5.71. The summed E-state index contributed by atoms with van der Waals surface area (Å²) in [6.45, 7) is 2.36. The van der Waals surface area contributed by atoms with Gasteiger partial charge in [-0.25, -0.2) is 4.98 Å². The third kappa shape index (κ3) is 3.42. The fourth-order valence-corrected chi connectivity index (χ4v) is 1.54. The van der Waals surface area contributed by atoms with Crippen LogP contribution in [0.3, 0.4) is 0 Å². The summed E-state index contributed by atoms with van der Waals surface area (Å²) in [6.07, 6.45) is 3.00. The molecular weight excluding hydrogens is 242 g/mol. The summed E-state index contributed by atoms with van der Waals surface area (Å²) in [5, 5.41) is 0.151. The molecule has 0 saturated carbocycles. The highest BCUT2D eigenvalue weighted by Crippen LogP contribution is 2.10. The highest BCUT2D eigenvalue weighted by atomic mass is 35.5. The molecule has 0 aliphatic carbocycles. The average molecular weight is 254 g/mol. The van der Waals surface area contributed by atoms with Crippen LogP contribution in [0, 0.1) is 0 Å². The second-order valence-electron chi connectivity index (χ2n) is 3.32. The van der Waals surface area contributed by atoms with Crippen LogP contribution in [0.2, 0.25) is 5.28 Å². The number of rotatable bonds is 5. The summed E-state index contributed by atoms with van der Waals surface area (Å²) in [4.78, 5) is 12.1. The minimum absolute atomic E-state index is 0.151. The molecule has 6 heteroatoms. The fourth-order valence-electron chi connectivity index (χ4n) is 1.37. The maximum absolute atomic E-state index is 5.78.